The van der Waals surface area contributed by atoms with Gasteiger partial charge < -0.3 is 15.8 Å². The highest BCUT2D eigenvalue weighted by Gasteiger charge is 2.15. The predicted molar refractivity (Wildman–Crippen MR) is 150 cm³/mol. The summed E-state index contributed by atoms with van der Waals surface area (Å²) < 4.78 is 5.20. The fourth-order valence-corrected chi connectivity index (χ4v) is 3.58. The van der Waals surface area contributed by atoms with E-state index in [1.807, 2.05) is 51.4 Å². The Morgan fingerprint density at radius 2 is 1.24 bits per heavy atom. The lowest BCUT2D eigenvalue weighted by molar-refractivity contribution is 0.0528. The highest BCUT2D eigenvalue weighted by atomic mass is 16.6. The third-order valence-corrected chi connectivity index (χ3v) is 5.41. The zero-order valence-electron chi connectivity index (χ0n) is 21.9. The largest absolute Gasteiger partial charge is 0.444 e. The lowest BCUT2D eigenvalue weighted by Gasteiger charge is -2.19. The number of benzene rings is 2. The quantitative estimate of drug-likeness (QED) is 0.324. The van der Waals surface area contributed by atoms with Gasteiger partial charge in [0.25, 0.3) is 0 Å². The number of carbonyl (C=O) groups is 1. The molecule has 0 atom stereocenters. The van der Waals surface area contributed by atoms with Crippen molar-refractivity contribution >= 4 is 6.09 Å². The van der Waals surface area contributed by atoms with E-state index in [0.29, 0.717) is 13.1 Å². The van der Waals surface area contributed by atoms with Crippen LogP contribution in [0.15, 0.2) is 97.6 Å². The van der Waals surface area contributed by atoms with E-state index in [4.69, 9.17) is 10.5 Å². The summed E-state index contributed by atoms with van der Waals surface area (Å²) >= 11 is 0. The number of nitrogens with zero attached hydrogens (tertiary/aromatic N) is 2. The number of hydrogen-bond donors (Lipinski definition) is 2. The van der Waals surface area contributed by atoms with Crippen molar-refractivity contribution in [1.29, 1.82) is 0 Å². The summed E-state index contributed by atoms with van der Waals surface area (Å²) in [6, 6.07) is 24.7. The molecule has 3 N–H and O–H groups in total. The minimum absolute atomic E-state index is 0.375. The number of rotatable bonds is 7. The van der Waals surface area contributed by atoms with Crippen LogP contribution in [0.1, 0.15) is 31.9 Å². The molecule has 0 unspecified atom stereocenters. The van der Waals surface area contributed by atoms with E-state index in [9.17, 15) is 4.79 Å². The molecule has 1 amide bonds. The zero-order valence-corrected chi connectivity index (χ0v) is 21.9. The molecule has 0 aliphatic carbocycles. The second kappa shape index (κ2) is 13.9. The maximum absolute atomic E-state index is 11.5. The third-order valence-electron chi connectivity index (χ3n) is 5.41. The minimum atomic E-state index is -0.463. The third kappa shape index (κ3) is 9.86. The Kier molecular flexibility index (Phi) is 10.4. The lowest BCUT2D eigenvalue weighted by Crippen LogP contribution is -2.33. The number of amides is 1. The monoisotopic (exact) mass is 496 g/mol. The van der Waals surface area contributed by atoms with Crippen LogP contribution < -0.4 is 11.1 Å². The molecule has 4 rings (SSSR count). The fraction of sp³-hybridized carbons (Fsp3) is 0.258. The summed E-state index contributed by atoms with van der Waals surface area (Å²) in [5.74, 6) is 0. The second-order valence-electron chi connectivity index (χ2n) is 9.59. The van der Waals surface area contributed by atoms with Crippen LogP contribution in [0.5, 0.6) is 0 Å². The number of pyridine rings is 2. The van der Waals surface area contributed by atoms with Crippen LogP contribution in [0.25, 0.3) is 22.3 Å². The lowest BCUT2D eigenvalue weighted by atomic mass is 10.0. The van der Waals surface area contributed by atoms with Gasteiger partial charge in [-0.25, -0.2) is 4.79 Å². The van der Waals surface area contributed by atoms with Gasteiger partial charge in [-0.05, 0) is 85.7 Å². The molecule has 6 nitrogen and oxygen atoms in total. The fourth-order valence-electron chi connectivity index (χ4n) is 3.58. The van der Waals surface area contributed by atoms with Crippen molar-refractivity contribution in [2.45, 2.75) is 39.2 Å². The smallest absolute Gasteiger partial charge is 0.407 e. The van der Waals surface area contributed by atoms with E-state index < -0.39 is 5.60 Å². The maximum Gasteiger partial charge on any atom is 0.407 e. The van der Waals surface area contributed by atoms with E-state index in [2.05, 4.69) is 69.9 Å². The first-order valence-corrected chi connectivity index (χ1v) is 12.5. The molecule has 2 aromatic carbocycles. The Hall–Kier alpha value is -4.03. The van der Waals surface area contributed by atoms with Crippen molar-refractivity contribution in [2.24, 2.45) is 5.73 Å². The van der Waals surface area contributed by atoms with Crippen molar-refractivity contribution in [3.63, 3.8) is 0 Å². The van der Waals surface area contributed by atoms with Gasteiger partial charge >= 0.3 is 6.09 Å². The Balaban J connectivity index is 0.000000220. The van der Waals surface area contributed by atoms with Crippen LogP contribution in [0.3, 0.4) is 0 Å². The molecule has 0 aliphatic rings. The number of carbonyl (C=O) groups excluding carboxylic acids is 1. The summed E-state index contributed by atoms with van der Waals surface area (Å²) in [6.45, 7) is 6.81. The van der Waals surface area contributed by atoms with Crippen molar-refractivity contribution in [3.05, 3.63) is 109 Å². The first-order valence-electron chi connectivity index (χ1n) is 12.5. The van der Waals surface area contributed by atoms with E-state index in [1.165, 1.54) is 16.7 Å². The second-order valence-corrected chi connectivity index (χ2v) is 9.59. The molecular weight excluding hydrogens is 460 g/mol. The number of aromatic nitrogens is 2. The molecule has 6 heteroatoms. The SMILES string of the molecule is CC(C)(C)OC(=O)NCCc1ccc(-c2cccnc2)cc1.NCCc1ccc(-c2cccnc2)cc1. The van der Waals surface area contributed by atoms with Crippen molar-refractivity contribution in [2.75, 3.05) is 13.1 Å². The molecule has 0 saturated heterocycles. The Labute approximate surface area is 219 Å². The molecule has 0 radical (unpaired) electrons. The first-order chi connectivity index (χ1) is 17.8. The molecule has 2 aromatic heterocycles. The number of hydrogen-bond acceptors (Lipinski definition) is 5. The molecular formula is C31H36N4O2. The van der Waals surface area contributed by atoms with Gasteiger partial charge in [0.2, 0.25) is 0 Å². The molecule has 192 valence electrons. The van der Waals surface area contributed by atoms with Crippen LogP contribution in [-0.2, 0) is 17.6 Å². The molecule has 0 spiro atoms. The summed E-state index contributed by atoms with van der Waals surface area (Å²) in [4.78, 5) is 19.8. The van der Waals surface area contributed by atoms with Gasteiger partial charge in [0, 0.05) is 31.3 Å². The number of nitrogens with one attached hydrogen (secondary N) is 1. The molecule has 0 bridgehead atoms. The van der Waals surface area contributed by atoms with Gasteiger partial charge in [0.15, 0.2) is 0 Å². The molecule has 0 saturated carbocycles. The zero-order chi connectivity index (χ0) is 26.5. The normalized spacial score (nSPS) is 10.7. The van der Waals surface area contributed by atoms with Crippen LogP contribution in [-0.4, -0.2) is 34.8 Å². The topological polar surface area (TPSA) is 90.1 Å². The summed E-state index contributed by atoms with van der Waals surface area (Å²) in [6.07, 6.45) is 8.60. The van der Waals surface area contributed by atoms with Crippen molar-refractivity contribution in [3.8, 4) is 22.3 Å². The van der Waals surface area contributed by atoms with Gasteiger partial charge in [-0.15, -0.1) is 0 Å². The summed E-state index contributed by atoms with van der Waals surface area (Å²) in [7, 11) is 0. The average Bonchev–Trinajstić information content (AvgIpc) is 2.90. The van der Waals surface area contributed by atoms with Crippen LogP contribution in [0.2, 0.25) is 0 Å². The van der Waals surface area contributed by atoms with Crippen molar-refractivity contribution in [1.82, 2.24) is 15.3 Å². The molecule has 4 aromatic rings. The number of ether oxygens (including phenoxy) is 1. The molecule has 0 aliphatic heterocycles. The molecule has 37 heavy (non-hydrogen) atoms. The summed E-state index contributed by atoms with van der Waals surface area (Å²) in [5, 5.41) is 2.76. The maximum atomic E-state index is 11.5. The van der Waals surface area contributed by atoms with Crippen LogP contribution in [0, 0.1) is 0 Å². The Morgan fingerprint density at radius 3 is 1.65 bits per heavy atom. The van der Waals surface area contributed by atoms with Gasteiger partial charge in [-0.3, -0.25) is 9.97 Å². The molecule has 2 heterocycles. The Bertz CT molecular complexity index is 1200. The van der Waals surface area contributed by atoms with Crippen LogP contribution in [0.4, 0.5) is 4.79 Å². The average molecular weight is 497 g/mol. The van der Waals surface area contributed by atoms with Gasteiger partial charge in [-0.2, -0.15) is 0 Å². The van der Waals surface area contributed by atoms with E-state index >= 15 is 0 Å². The Morgan fingerprint density at radius 1 is 0.757 bits per heavy atom. The van der Waals surface area contributed by atoms with E-state index in [0.717, 1.165) is 29.5 Å². The predicted octanol–water partition coefficient (Wildman–Crippen LogP) is 6.07. The standard InChI is InChI=1S/C18H22N2O2.C13H14N2/c1-18(2,3)22-17(21)20-12-10-14-6-8-15(9-7-14)16-5-4-11-19-13-16;14-8-7-11-3-5-12(6-4-11)13-2-1-9-15-10-13/h4-9,11,13H,10,12H2,1-3H3,(H,20,21);1-6,9-10H,7-8,14H2. The van der Waals surface area contributed by atoms with Gasteiger partial charge in [0.05, 0.1) is 0 Å². The minimum Gasteiger partial charge on any atom is -0.444 e. The van der Waals surface area contributed by atoms with Crippen LogP contribution >= 0.6 is 0 Å². The first kappa shape index (κ1) is 27.6. The molecule has 0 fully saturated rings. The number of nitrogens with two attached hydrogens (primary N) is 1. The van der Waals surface area contributed by atoms with E-state index in [1.54, 1.807) is 12.4 Å². The number of alkyl carbamates (subject to hydrolysis) is 1. The van der Waals surface area contributed by atoms with Crippen molar-refractivity contribution < 1.29 is 9.53 Å². The highest BCUT2D eigenvalue weighted by Crippen LogP contribution is 2.19. The summed E-state index contributed by atoms with van der Waals surface area (Å²) in [5.41, 5.74) is 12.1. The van der Waals surface area contributed by atoms with Gasteiger partial charge in [-0.1, -0.05) is 60.7 Å². The van der Waals surface area contributed by atoms with E-state index in [-0.39, 0.29) is 6.09 Å². The highest BCUT2D eigenvalue weighted by molar-refractivity contribution is 5.67. The van der Waals surface area contributed by atoms with Gasteiger partial charge in [0.1, 0.15) is 5.60 Å².